The van der Waals surface area contributed by atoms with Crippen molar-refractivity contribution >= 4 is 15.9 Å². The minimum absolute atomic E-state index is 0.443. The molecule has 4 nitrogen and oxygen atoms in total. The fourth-order valence-corrected chi connectivity index (χ4v) is 2.59. The number of rotatable bonds is 8. The van der Waals surface area contributed by atoms with Crippen molar-refractivity contribution in [2.75, 3.05) is 13.7 Å². The van der Waals surface area contributed by atoms with Crippen LogP contribution in [0.4, 0.5) is 0 Å². The Kier molecular flexibility index (Phi) is 5.90. The normalized spacial score (nSPS) is 10.4. The number of benzene rings is 1. The Hall–Kier alpha value is -1.72. The standard InChI is InChI=1S/C16H18BrNO3/c1-3-6-21-16-14(17)8-12(9-15(16)19-2)10-18-11-13-5-4-7-20-13/h3-5,7-9,18H,1,6,10-11H2,2H3/p+1. The zero-order chi connectivity index (χ0) is 15.1. The van der Waals surface area contributed by atoms with Crippen molar-refractivity contribution in [3.8, 4) is 11.5 Å². The van der Waals surface area contributed by atoms with Crippen molar-refractivity contribution in [1.82, 2.24) is 0 Å². The average molecular weight is 353 g/mol. The number of nitrogens with two attached hydrogens (primary N) is 1. The predicted molar refractivity (Wildman–Crippen MR) is 84.4 cm³/mol. The van der Waals surface area contributed by atoms with Crippen LogP contribution in [0.15, 0.2) is 52.1 Å². The molecule has 1 aromatic heterocycles. The van der Waals surface area contributed by atoms with Crippen LogP contribution in [-0.4, -0.2) is 13.7 Å². The molecule has 5 heteroatoms. The largest absolute Gasteiger partial charge is 0.493 e. The third-order valence-electron chi connectivity index (χ3n) is 2.94. The lowest BCUT2D eigenvalue weighted by atomic mass is 10.2. The van der Waals surface area contributed by atoms with Gasteiger partial charge in [-0.1, -0.05) is 12.7 Å². The molecule has 21 heavy (non-hydrogen) atoms. The highest BCUT2D eigenvalue weighted by Crippen LogP contribution is 2.36. The molecule has 0 unspecified atom stereocenters. The van der Waals surface area contributed by atoms with Crippen LogP contribution in [0.5, 0.6) is 11.5 Å². The van der Waals surface area contributed by atoms with Gasteiger partial charge in [0.05, 0.1) is 17.8 Å². The fraction of sp³-hybridized carbons (Fsp3) is 0.250. The summed E-state index contributed by atoms with van der Waals surface area (Å²) >= 11 is 3.53. The van der Waals surface area contributed by atoms with Crippen molar-refractivity contribution in [2.24, 2.45) is 0 Å². The summed E-state index contributed by atoms with van der Waals surface area (Å²) in [6.07, 6.45) is 3.39. The van der Waals surface area contributed by atoms with Gasteiger partial charge >= 0.3 is 0 Å². The average Bonchev–Trinajstić information content (AvgIpc) is 2.99. The maximum Gasteiger partial charge on any atom is 0.175 e. The summed E-state index contributed by atoms with van der Waals surface area (Å²) in [4.78, 5) is 0. The molecule has 0 spiro atoms. The fourth-order valence-electron chi connectivity index (χ4n) is 1.98. The second-order valence-corrected chi connectivity index (χ2v) is 5.34. The molecule has 2 N–H and O–H groups in total. The quantitative estimate of drug-likeness (QED) is 0.743. The van der Waals surface area contributed by atoms with Gasteiger partial charge in [-0.15, -0.1) is 0 Å². The van der Waals surface area contributed by atoms with E-state index >= 15 is 0 Å². The highest BCUT2D eigenvalue weighted by atomic mass is 79.9. The molecule has 112 valence electrons. The lowest BCUT2D eigenvalue weighted by Crippen LogP contribution is -2.80. The zero-order valence-corrected chi connectivity index (χ0v) is 13.6. The van der Waals surface area contributed by atoms with E-state index in [1.54, 1.807) is 19.4 Å². The number of hydrogen-bond donors (Lipinski definition) is 1. The summed E-state index contributed by atoms with van der Waals surface area (Å²) in [5.74, 6) is 2.38. The first-order valence-corrected chi connectivity index (χ1v) is 7.48. The zero-order valence-electron chi connectivity index (χ0n) is 12.0. The van der Waals surface area contributed by atoms with Crippen LogP contribution in [0.1, 0.15) is 11.3 Å². The third-order valence-corrected chi connectivity index (χ3v) is 3.53. The van der Waals surface area contributed by atoms with Gasteiger partial charge in [0.25, 0.3) is 0 Å². The van der Waals surface area contributed by atoms with E-state index in [1.165, 1.54) is 0 Å². The Morgan fingerprint density at radius 3 is 2.90 bits per heavy atom. The molecule has 0 radical (unpaired) electrons. The molecule has 0 amide bonds. The van der Waals surface area contributed by atoms with Crippen molar-refractivity contribution in [3.05, 3.63) is 59.0 Å². The molecule has 0 atom stereocenters. The number of ether oxygens (including phenoxy) is 2. The number of hydrogen-bond acceptors (Lipinski definition) is 3. The van der Waals surface area contributed by atoms with Gasteiger partial charge < -0.3 is 19.2 Å². The first-order valence-electron chi connectivity index (χ1n) is 6.68. The van der Waals surface area contributed by atoms with Crippen LogP contribution in [0.25, 0.3) is 0 Å². The van der Waals surface area contributed by atoms with Gasteiger partial charge in [-0.25, -0.2) is 0 Å². The molecule has 1 aromatic carbocycles. The van der Waals surface area contributed by atoms with Crippen molar-refractivity contribution < 1.29 is 19.2 Å². The Labute approximate surface area is 132 Å². The molecule has 0 fully saturated rings. The van der Waals surface area contributed by atoms with Gasteiger partial charge in [0.1, 0.15) is 19.7 Å². The minimum atomic E-state index is 0.443. The summed E-state index contributed by atoms with van der Waals surface area (Å²) in [5.41, 5.74) is 1.15. The maximum atomic E-state index is 5.61. The van der Waals surface area contributed by atoms with Crippen LogP contribution in [0.3, 0.4) is 0 Å². The minimum Gasteiger partial charge on any atom is -0.493 e. The first kappa shape index (κ1) is 15.7. The van der Waals surface area contributed by atoms with Crippen LogP contribution < -0.4 is 14.8 Å². The molecular weight excluding hydrogens is 334 g/mol. The Bertz CT molecular complexity index is 581. The molecule has 0 aliphatic heterocycles. The van der Waals surface area contributed by atoms with E-state index in [0.717, 1.165) is 28.9 Å². The second kappa shape index (κ2) is 7.90. The third kappa shape index (κ3) is 4.37. The Morgan fingerprint density at radius 1 is 1.38 bits per heavy atom. The second-order valence-electron chi connectivity index (χ2n) is 4.48. The molecule has 0 saturated carbocycles. The molecule has 0 saturated heterocycles. The van der Waals surface area contributed by atoms with Gasteiger partial charge in [0.2, 0.25) is 0 Å². The highest BCUT2D eigenvalue weighted by molar-refractivity contribution is 9.10. The number of halogens is 1. The number of furan rings is 1. The van der Waals surface area contributed by atoms with E-state index in [0.29, 0.717) is 18.1 Å². The van der Waals surface area contributed by atoms with Gasteiger partial charge in [-0.05, 0) is 40.2 Å². The number of quaternary nitrogens is 1. The van der Waals surface area contributed by atoms with E-state index in [9.17, 15) is 0 Å². The van der Waals surface area contributed by atoms with Crippen molar-refractivity contribution in [3.63, 3.8) is 0 Å². The molecule has 0 aliphatic carbocycles. The van der Waals surface area contributed by atoms with Crippen LogP contribution >= 0.6 is 15.9 Å². The van der Waals surface area contributed by atoms with E-state index in [2.05, 4.69) is 27.8 Å². The molecule has 1 heterocycles. The molecule has 0 aliphatic rings. The number of methoxy groups -OCH3 is 1. The molecular formula is C16H19BrNO3+. The lowest BCUT2D eigenvalue weighted by Gasteiger charge is -2.13. The van der Waals surface area contributed by atoms with Crippen LogP contribution in [0, 0.1) is 0 Å². The van der Waals surface area contributed by atoms with Crippen molar-refractivity contribution in [1.29, 1.82) is 0 Å². The molecule has 0 bridgehead atoms. The topological polar surface area (TPSA) is 48.2 Å². The summed E-state index contributed by atoms with van der Waals surface area (Å²) < 4.78 is 17.2. The van der Waals surface area contributed by atoms with Crippen molar-refractivity contribution in [2.45, 2.75) is 13.1 Å². The van der Waals surface area contributed by atoms with Gasteiger partial charge in [0, 0.05) is 5.56 Å². The summed E-state index contributed by atoms with van der Waals surface area (Å²) in [6.45, 7) is 5.73. The maximum absolute atomic E-state index is 5.61. The highest BCUT2D eigenvalue weighted by Gasteiger charge is 2.12. The molecule has 2 aromatic rings. The van der Waals surface area contributed by atoms with E-state index in [1.807, 2.05) is 24.3 Å². The molecule has 2 rings (SSSR count). The van der Waals surface area contributed by atoms with Gasteiger partial charge in [0.15, 0.2) is 17.3 Å². The van der Waals surface area contributed by atoms with Crippen LogP contribution in [-0.2, 0) is 13.1 Å². The lowest BCUT2D eigenvalue weighted by molar-refractivity contribution is -0.688. The predicted octanol–water partition coefficient (Wildman–Crippen LogP) is 2.88. The first-order chi connectivity index (χ1) is 10.2. The Balaban J connectivity index is 2.02. The van der Waals surface area contributed by atoms with E-state index < -0.39 is 0 Å². The summed E-state index contributed by atoms with van der Waals surface area (Å²) in [5, 5.41) is 2.17. The van der Waals surface area contributed by atoms with Gasteiger partial charge in [-0.3, -0.25) is 0 Å². The van der Waals surface area contributed by atoms with E-state index in [-0.39, 0.29) is 0 Å². The van der Waals surface area contributed by atoms with E-state index in [4.69, 9.17) is 13.9 Å². The monoisotopic (exact) mass is 352 g/mol. The smallest absolute Gasteiger partial charge is 0.175 e. The Morgan fingerprint density at radius 2 is 2.24 bits per heavy atom. The van der Waals surface area contributed by atoms with Crippen LogP contribution in [0.2, 0.25) is 0 Å². The summed E-state index contributed by atoms with van der Waals surface area (Å²) in [7, 11) is 1.64. The SMILES string of the molecule is C=CCOc1c(Br)cc(C[NH2+]Cc2ccco2)cc1OC. The van der Waals surface area contributed by atoms with Gasteiger partial charge in [-0.2, -0.15) is 0 Å². The summed E-state index contributed by atoms with van der Waals surface area (Å²) in [6, 6.07) is 7.90.